The second kappa shape index (κ2) is 9.75. The molecule has 1 aliphatic carbocycles. The average molecular weight is 313 g/mol. The lowest BCUT2D eigenvalue weighted by molar-refractivity contribution is 0.377. The summed E-state index contributed by atoms with van der Waals surface area (Å²) in [7, 11) is 0. The summed E-state index contributed by atoms with van der Waals surface area (Å²) in [6.07, 6.45) is 21.2. The Morgan fingerprint density at radius 1 is 1.13 bits per heavy atom. The van der Waals surface area contributed by atoms with Gasteiger partial charge in [-0.15, -0.1) is 0 Å². The zero-order valence-electron chi connectivity index (χ0n) is 16.2. The Bertz CT molecular complexity index is 518. The maximum absolute atomic E-state index is 2.37. The van der Waals surface area contributed by atoms with Crippen molar-refractivity contribution in [1.82, 2.24) is 0 Å². The van der Waals surface area contributed by atoms with E-state index in [1.165, 1.54) is 55.2 Å². The lowest BCUT2D eigenvalue weighted by Gasteiger charge is -2.32. The third-order valence-electron chi connectivity index (χ3n) is 4.80. The fourth-order valence-electron chi connectivity index (χ4n) is 3.23. The van der Waals surface area contributed by atoms with Gasteiger partial charge < -0.3 is 0 Å². The van der Waals surface area contributed by atoms with Crippen LogP contribution in [0, 0.1) is 5.41 Å². The Morgan fingerprint density at radius 2 is 1.87 bits per heavy atom. The zero-order valence-corrected chi connectivity index (χ0v) is 16.2. The van der Waals surface area contributed by atoms with Crippen LogP contribution in [0.1, 0.15) is 80.1 Å². The molecule has 0 nitrogen and oxygen atoms in total. The maximum atomic E-state index is 2.37. The first kappa shape index (κ1) is 19.7. The van der Waals surface area contributed by atoms with Crippen LogP contribution in [0.15, 0.2) is 58.7 Å². The first-order valence-electron chi connectivity index (χ1n) is 9.27. The fraction of sp³-hybridized carbons (Fsp3) is 0.565. The molecule has 0 bridgehead atoms. The van der Waals surface area contributed by atoms with Crippen molar-refractivity contribution in [3.8, 4) is 0 Å². The van der Waals surface area contributed by atoms with Gasteiger partial charge in [-0.1, -0.05) is 86.8 Å². The largest absolute Gasteiger partial charge is 0.0816 e. The summed E-state index contributed by atoms with van der Waals surface area (Å²) in [6.45, 7) is 13.6. The van der Waals surface area contributed by atoms with Crippen molar-refractivity contribution in [2.45, 2.75) is 80.1 Å². The van der Waals surface area contributed by atoms with Gasteiger partial charge >= 0.3 is 0 Å². The summed E-state index contributed by atoms with van der Waals surface area (Å²) in [5, 5.41) is 0. The first-order valence-corrected chi connectivity index (χ1v) is 9.27. The predicted octanol–water partition coefficient (Wildman–Crippen LogP) is 7.71. The highest BCUT2D eigenvalue weighted by atomic mass is 14.3. The third kappa shape index (κ3) is 7.20. The minimum Gasteiger partial charge on any atom is -0.0816 e. The highest BCUT2D eigenvalue weighted by Gasteiger charge is 2.26. The first-order chi connectivity index (χ1) is 10.9. The Morgan fingerprint density at radius 3 is 2.52 bits per heavy atom. The number of hydrogen-bond acceptors (Lipinski definition) is 0. The summed E-state index contributed by atoms with van der Waals surface area (Å²) < 4.78 is 0. The normalized spacial score (nSPS) is 20.1. The van der Waals surface area contributed by atoms with Gasteiger partial charge in [0.15, 0.2) is 0 Å². The summed E-state index contributed by atoms with van der Waals surface area (Å²) in [4.78, 5) is 0. The van der Waals surface area contributed by atoms with Gasteiger partial charge in [-0.25, -0.2) is 0 Å². The van der Waals surface area contributed by atoms with E-state index in [0.717, 1.165) is 0 Å². The van der Waals surface area contributed by atoms with Gasteiger partial charge in [0.1, 0.15) is 0 Å². The van der Waals surface area contributed by atoms with Crippen molar-refractivity contribution >= 4 is 0 Å². The summed E-state index contributed by atoms with van der Waals surface area (Å²) in [5.41, 5.74) is 6.10. The zero-order chi connectivity index (χ0) is 17.3. The van der Waals surface area contributed by atoms with Crippen molar-refractivity contribution in [3.63, 3.8) is 0 Å². The van der Waals surface area contributed by atoms with Gasteiger partial charge in [-0.05, 0) is 57.4 Å². The molecule has 0 amide bonds. The molecule has 0 spiro atoms. The van der Waals surface area contributed by atoms with Crippen LogP contribution in [0.3, 0.4) is 0 Å². The predicted molar refractivity (Wildman–Crippen MR) is 106 cm³/mol. The molecule has 0 aliphatic heterocycles. The molecule has 0 aromatic heterocycles. The van der Waals surface area contributed by atoms with E-state index < -0.39 is 0 Å². The molecule has 0 radical (unpaired) electrons. The standard InChI is InChI=1S/C23H36/c1-7-8-9-12-19(2)13-10-14-20(3)16-17-22-21(4)15-11-18-23(22,5)6/h10,12-14,16-17H,7-9,11,15,18H2,1-6H3/b13-10+,17-16+,19-12+,20-14+. The van der Waals surface area contributed by atoms with Crippen molar-refractivity contribution in [2.24, 2.45) is 5.41 Å². The molecular formula is C23H36. The van der Waals surface area contributed by atoms with E-state index in [9.17, 15) is 0 Å². The van der Waals surface area contributed by atoms with E-state index in [0.29, 0.717) is 5.41 Å². The van der Waals surface area contributed by atoms with Gasteiger partial charge in [0, 0.05) is 0 Å². The van der Waals surface area contributed by atoms with Gasteiger partial charge in [-0.2, -0.15) is 0 Å². The lowest BCUT2D eigenvalue weighted by Crippen LogP contribution is -2.19. The number of allylic oxidation sites excluding steroid dienone is 10. The second-order valence-electron chi connectivity index (χ2n) is 7.62. The van der Waals surface area contributed by atoms with Crippen LogP contribution < -0.4 is 0 Å². The molecule has 0 heteroatoms. The third-order valence-corrected chi connectivity index (χ3v) is 4.80. The number of rotatable bonds is 7. The minimum atomic E-state index is 0.327. The molecule has 0 aromatic carbocycles. The fourth-order valence-corrected chi connectivity index (χ4v) is 3.23. The van der Waals surface area contributed by atoms with E-state index in [1.54, 1.807) is 5.57 Å². The molecule has 128 valence electrons. The Hall–Kier alpha value is -1.30. The summed E-state index contributed by atoms with van der Waals surface area (Å²) in [5.74, 6) is 0. The van der Waals surface area contributed by atoms with Crippen LogP contribution in [-0.4, -0.2) is 0 Å². The molecule has 0 aromatic rings. The van der Waals surface area contributed by atoms with Crippen LogP contribution in [0.4, 0.5) is 0 Å². The topological polar surface area (TPSA) is 0 Å². The summed E-state index contributed by atoms with van der Waals surface area (Å²) in [6, 6.07) is 0. The molecule has 0 heterocycles. The van der Waals surface area contributed by atoms with Crippen molar-refractivity contribution < 1.29 is 0 Å². The van der Waals surface area contributed by atoms with Crippen molar-refractivity contribution in [1.29, 1.82) is 0 Å². The van der Waals surface area contributed by atoms with E-state index >= 15 is 0 Å². The Balaban J connectivity index is 2.67. The molecule has 0 fully saturated rings. The highest BCUT2D eigenvalue weighted by molar-refractivity contribution is 5.37. The molecule has 1 rings (SSSR count). The second-order valence-corrected chi connectivity index (χ2v) is 7.62. The molecule has 0 unspecified atom stereocenters. The lowest BCUT2D eigenvalue weighted by atomic mass is 9.72. The molecule has 0 saturated heterocycles. The van der Waals surface area contributed by atoms with Crippen LogP contribution in [0.25, 0.3) is 0 Å². The molecule has 1 aliphatic rings. The molecule has 0 N–H and O–H groups in total. The monoisotopic (exact) mass is 312 g/mol. The van der Waals surface area contributed by atoms with Crippen LogP contribution in [0.5, 0.6) is 0 Å². The van der Waals surface area contributed by atoms with Crippen LogP contribution in [0.2, 0.25) is 0 Å². The molecule has 0 saturated carbocycles. The van der Waals surface area contributed by atoms with E-state index in [4.69, 9.17) is 0 Å². The van der Waals surface area contributed by atoms with E-state index in [1.807, 2.05) is 0 Å². The van der Waals surface area contributed by atoms with E-state index in [-0.39, 0.29) is 0 Å². The van der Waals surface area contributed by atoms with Crippen LogP contribution >= 0.6 is 0 Å². The van der Waals surface area contributed by atoms with Gasteiger partial charge in [0.05, 0.1) is 0 Å². The average Bonchev–Trinajstić information content (AvgIpc) is 2.46. The van der Waals surface area contributed by atoms with Crippen molar-refractivity contribution in [2.75, 3.05) is 0 Å². The van der Waals surface area contributed by atoms with Gasteiger partial charge in [-0.3, -0.25) is 0 Å². The molecule has 23 heavy (non-hydrogen) atoms. The maximum Gasteiger partial charge on any atom is -0.0104 e. The van der Waals surface area contributed by atoms with Gasteiger partial charge in [0.2, 0.25) is 0 Å². The Kier molecular flexibility index (Phi) is 8.37. The number of hydrogen-bond donors (Lipinski definition) is 0. The number of unbranched alkanes of at least 4 members (excludes halogenated alkanes) is 2. The smallest absolute Gasteiger partial charge is 0.0104 e. The van der Waals surface area contributed by atoms with Crippen molar-refractivity contribution in [3.05, 3.63) is 58.7 Å². The quantitative estimate of drug-likeness (QED) is 0.333. The molecule has 0 atom stereocenters. The van der Waals surface area contributed by atoms with E-state index in [2.05, 4.69) is 78.0 Å². The van der Waals surface area contributed by atoms with Crippen LogP contribution in [-0.2, 0) is 0 Å². The Labute approximate surface area is 144 Å². The summed E-state index contributed by atoms with van der Waals surface area (Å²) >= 11 is 0. The SMILES string of the molecule is CCCC/C=C(C)/C=C/C=C(C)/C=C/C1=C(C)CCCC1(C)C. The minimum absolute atomic E-state index is 0.327. The van der Waals surface area contributed by atoms with Gasteiger partial charge in [0.25, 0.3) is 0 Å². The highest BCUT2D eigenvalue weighted by Crippen LogP contribution is 2.40. The molecular weight excluding hydrogens is 276 g/mol.